The normalized spacial score (nSPS) is 17.8. The Hall–Kier alpha value is -2.05. The third-order valence-electron chi connectivity index (χ3n) is 3.65. The van der Waals surface area contributed by atoms with E-state index >= 15 is 0 Å². The van der Waals surface area contributed by atoms with Crippen LogP contribution in [0.4, 0.5) is 13.2 Å². The summed E-state index contributed by atoms with van der Waals surface area (Å²) in [5, 5.41) is 0.579. The van der Waals surface area contributed by atoms with Crippen molar-refractivity contribution in [2.45, 2.75) is 18.9 Å². The van der Waals surface area contributed by atoms with E-state index in [9.17, 15) is 13.2 Å². The molecule has 132 valence electrons. The standard InChI is InChI=1S/C17H13Cl2F3N2O/c18-12-6-11(7-13(19)8-12)14-15(23)25-16(17(20,21)22)24(14)9-10-4-2-1-3-5-10/h1-8,16H,9,23H2. The molecule has 1 heterocycles. The number of ether oxygens (including phenoxy) is 1. The highest BCUT2D eigenvalue weighted by Gasteiger charge is 2.51. The van der Waals surface area contributed by atoms with Crippen LogP contribution in [0.2, 0.25) is 10.0 Å². The summed E-state index contributed by atoms with van der Waals surface area (Å²) in [5.41, 5.74) is 6.92. The molecule has 0 amide bonds. The summed E-state index contributed by atoms with van der Waals surface area (Å²) in [6.45, 7) is -0.0365. The van der Waals surface area contributed by atoms with E-state index in [1.54, 1.807) is 30.3 Å². The monoisotopic (exact) mass is 388 g/mol. The van der Waals surface area contributed by atoms with Crippen molar-refractivity contribution < 1.29 is 17.9 Å². The van der Waals surface area contributed by atoms with Crippen LogP contribution in [0.15, 0.2) is 54.4 Å². The van der Waals surface area contributed by atoms with Crippen molar-refractivity contribution in [3.8, 4) is 0 Å². The average molecular weight is 389 g/mol. The molecule has 3 nitrogen and oxygen atoms in total. The van der Waals surface area contributed by atoms with E-state index in [0.29, 0.717) is 11.1 Å². The Balaban J connectivity index is 2.05. The predicted octanol–water partition coefficient (Wildman–Crippen LogP) is 5.00. The maximum atomic E-state index is 13.4. The van der Waals surface area contributed by atoms with Crippen molar-refractivity contribution in [2.24, 2.45) is 5.73 Å². The Morgan fingerprint density at radius 2 is 1.64 bits per heavy atom. The van der Waals surface area contributed by atoms with Gasteiger partial charge in [0.25, 0.3) is 6.23 Å². The van der Waals surface area contributed by atoms with Gasteiger partial charge < -0.3 is 15.4 Å². The van der Waals surface area contributed by atoms with E-state index in [1.807, 2.05) is 0 Å². The minimum Gasteiger partial charge on any atom is -0.444 e. The van der Waals surface area contributed by atoms with Crippen molar-refractivity contribution >= 4 is 28.9 Å². The van der Waals surface area contributed by atoms with Crippen LogP contribution >= 0.6 is 23.2 Å². The van der Waals surface area contributed by atoms with Crippen LogP contribution in [-0.4, -0.2) is 17.3 Å². The highest BCUT2D eigenvalue weighted by atomic mass is 35.5. The molecule has 0 bridgehead atoms. The molecule has 0 radical (unpaired) electrons. The fraction of sp³-hybridized carbons (Fsp3) is 0.176. The van der Waals surface area contributed by atoms with Gasteiger partial charge in [-0.05, 0) is 23.8 Å². The maximum Gasteiger partial charge on any atom is 0.445 e. The van der Waals surface area contributed by atoms with Crippen molar-refractivity contribution in [1.29, 1.82) is 0 Å². The maximum absolute atomic E-state index is 13.4. The second-order valence-electron chi connectivity index (χ2n) is 5.50. The fourth-order valence-electron chi connectivity index (χ4n) is 2.68. The summed E-state index contributed by atoms with van der Waals surface area (Å²) in [6.07, 6.45) is -6.80. The van der Waals surface area contributed by atoms with Crippen molar-refractivity contribution in [1.82, 2.24) is 4.90 Å². The first-order valence-corrected chi connectivity index (χ1v) is 8.01. The lowest BCUT2D eigenvalue weighted by Crippen LogP contribution is -2.42. The number of hydrogen-bond acceptors (Lipinski definition) is 3. The largest absolute Gasteiger partial charge is 0.445 e. The molecule has 8 heteroatoms. The molecule has 0 saturated carbocycles. The van der Waals surface area contributed by atoms with Gasteiger partial charge in [-0.25, -0.2) is 0 Å². The molecule has 2 aromatic rings. The molecule has 1 unspecified atom stereocenters. The molecule has 0 aromatic heterocycles. The number of hydrogen-bond donors (Lipinski definition) is 1. The van der Waals surface area contributed by atoms with E-state index in [1.165, 1.54) is 18.2 Å². The van der Waals surface area contributed by atoms with Crippen LogP contribution in [0.25, 0.3) is 5.70 Å². The smallest absolute Gasteiger partial charge is 0.444 e. The average Bonchev–Trinajstić information content (AvgIpc) is 2.84. The lowest BCUT2D eigenvalue weighted by atomic mass is 10.1. The first-order valence-electron chi connectivity index (χ1n) is 7.26. The van der Waals surface area contributed by atoms with Crippen molar-refractivity contribution in [3.63, 3.8) is 0 Å². The van der Waals surface area contributed by atoms with E-state index in [0.717, 1.165) is 4.90 Å². The zero-order chi connectivity index (χ0) is 18.2. The van der Waals surface area contributed by atoms with Gasteiger partial charge in [0.1, 0.15) is 5.70 Å². The van der Waals surface area contributed by atoms with Crippen LogP contribution in [-0.2, 0) is 11.3 Å². The van der Waals surface area contributed by atoms with E-state index in [2.05, 4.69) is 0 Å². The molecule has 1 atom stereocenters. The Kier molecular flexibility index (Phi) is 4.75. The van der Waals surface area contributed by atoms with Gasteiger partial charge in [-0.3, -0.25) is 0 Å². The number of benzene rings is 2. The number of halogens is 5. The molecule has 0 spiro atoms. The molecule has 1 aliphatic rings. The molecule has 2 N–H and O–H groups in total. The molecule has 1 aliphatic heterocycles. The number of nitrogens with zero attached hydrogens (tertiary/aromatic N) is 1. The van der Waals surface area contributed by atoms with Gasteiger partial charge in [-0.1, -0.05) is 53.5 Å². The Morgan fingerprint density at radius 3 is 2.20 bits per heavy atom. The zero-order valence-electron chi connectivity index (χ0n) is 12.7. The summed E-state index contributed by atoms with van der Waals surface area (Å²) < 4.78 is 45.2. The Labute approximate surface area is 152 Å². The second kappa shape index (κ2) is 6.69. The van der Waals surface area contributed by atoms with Crippen molar-refractivity contribution in [2.75, 3.05) is 0 Å². The van der Waals surface area contributed by atoms with Crippen LogP contribution < -0.4 is 5.73 Å². The van der Waals surface area contributed by atoms with Crippen LogP contribution in [0.1, 0.15) is 11.1 Å². The van der Waals surface area contributed by atoms with Gasteiger partial charge in [0, 0.05) is 22.2 Å². The molecular weight excluding hydrogens is 376 g/mol. The van der Waals surface area contributed by atoms with Crippen molar-refractivity contribution in [3.05, 3.63) is 75.6 Å². The van der Waals surface area contributed by atoms with Crippen LogP contribution in [0.5, 0.6) is 0 Å². The lowest BCUT2D eigenvalue weighted by Gasteiger charge is -2.29. The first kappa shape index (κ1) is 17.8. The quantitative estimate of drug-likeness (QED) is 0.803. The SMILES string of the molecule is NC1=C(c2cc(Cl)cc(Cl)c2)N(Cc2ccccc2)C(C(F)(F)F)O1. The summed E-state index contributed by atoms with van der Waals surface area (Å²) in [7, 11) is 0. The predicted molar refractivity (Wildman–Crippen MR) is 90.5 cm³/mol. The summed E-state index contributed by atoms with van der Waals surface area (Å²) in [4.78, 5) is 1.06. The van der Waals surface area contributed by atoms with Gasteiger partial charge in [0.2, 0.25) is 5.88 Å². The molecule has 0 saturated heterocycles. The van der Waals surface area contributed by atoms with Gasteiger partial charge in [-0.2, -0.15) is 13.2 Å². The molecular formula is C17H13Cl2F3N2O. The van der Waals surface area contributed by atoms with E-state index < -0.39 is 12.4 Å². The molecule has 25 heavy (non-hydrogen) atoms. The number of alkyl halides is 3. The minimum absolute atomic E-state index is 0.0365. The molecule has 3 rings (SSSR count). The summed E-state index contributed by atoms with van der Waals surface area (Å²) in [6, 6.07) is 13.2. The molecule has 2 aromatic carbocycles. The van der Waals surface area contributed by atoms with Gasteiger partial charge in [-0.15, -0.1) is 0 Å². The second-order valence-corrected chi connectivity index (χ2v) is 6.37. The van der Waals surface area contributed by atoms with Gasteiger partial charge >= 0.3 is 6.18 Å². The number of rotatable bonds is 3. The van der Waals surface area contributed by atoms with E-state index in [4.69, 9.17) is 33.7 Å². The lowest BCUT2D eigenvalue weighted by molar-refractivity contribution is -0.237. The Bertz CT molecular complexity index is 789. The van der Waals surface area contributed by atoms with Gasteiger partial charge in [0.15, 0.2) is 0 Å². The minimum atomic E-state index is -4.62. The Morgan fingerprint density at radius 1 is 1.04 bits per heavy atom. The van der Waals surface area contributed by atoms with Gasteiger partial charge in [0.05, 0.1) is 0 Å². The zero-order valence-corrected chi connectivity index (χ0v) is 14.2. The topological polar surface area (TPSA) is 38.5 Å². The molecule has 0 aliphatic carbocycles. The van der Waals surface area contributed by atoms with Crippen LogP contribution in [0.3, 0.4) is 0 Å². The first-order chi connectivity index (χ1) is 11.8. The third kappa shape index (κ3) is 3.80. The van der Waals surface area contributed by atoms with E-state index in [-0.39, 0.29) is 28.2 Å². The highest BCUT2D eigenvalue weighted by molar-refractivity contribution is 6.34. The highest BCUT2D eigenvalue weighted by Crippen LogP contribution is 2.41. The summed E-state index contributed by atoms with van der Waals surface area (Å²) >= 11 is 12.0. The fourth-order valence-corrected chi connectivity index (χ4v) is 3.21. The van der Waals surface area contributed by atoms with Crippen LogP contribution in [0, 0.1) is 0 Å². The third-order valence-corrected chi connectivity index (χ3v) is 4.09. The molecule has 0 fully saturated rings. The summed E-state index contributed by atoms with van der Waals surface area (Å²) in [5.74, 6) is -0.323. The number of nitrogens with two attached hydrogens (primary N) is 1.